The maximum atomic E-state index is 13.0. The molecule has 0 bridgehead atoms. The molecule has 1 aliphatic rings. The van der Waals surface area contributed by atoms with E-state index in [2.05, 4.69) is 15.3 Å². The van der Waals surface area contributed by atoms with Crippen molar-refractivity contribution in [3.8, 4) is 0 Å². The lowest BCUT2D eigenvalue weighted by atomic mass is 9.99. The predicted molar refractivity (Wildman–Crippen MR) is 88.8 cm³/mol. The van der Waals surface area contributed by atoms with Gasteiger partial charge in [-0.2, -0.15) is 0 Å². The maximum absolute atomic E-state index is 13.0. The van der Waals surface area contributed by atoms with Gasteiger partial charge in [0.05, 0.1) is 17.5 Å². The molecule has 120 valence electrons. The molecule has 0 unspecified atom stereocenters. The van der Waals surface area contributed by atoms with Crippen molar-refractivity contribution in [1.29, 1.82) is 0 Å². The predicted octanol–water partition coefficient (Wildman–Crippen LogP) is 2.59. The summed E-state index contributed by atoms with van der Waals surface area (Å²) in [4.78, 5) is 21.1. The lowest BCUT2D eigenvalue weighted by Crippen LogP contribution is -2.27. The third kappa shape index (κ3) is 4.13. The van der Waals surface area contributed by atoms with Crippen molar-refractivity contribution >= 4 is 47.2 Å². The molecule has 3 rings (SSSR count). The van der Waals surface area contributed by atoms with E-state index in [9.17, 15) is 9.18 Å². The molecule has 2 heterocycles. The molecule has 0 saturated carbocycles. The molecule has 22 heavy (non-hydrogen) atoms. The van der Waals surface area contributed by atoms with E-state index < -0.39 is 11.7 Å². The van der Waals surface area contributed by atoms with Gasteiger partial charge >= 0.3 is 0 Å². The standard InChI is InChI=1S/C13H13FN4OS.2ClH/c14-8-3-7(5-16-6-8)12(19)18-13-17-10-2-1-9(15)4-11(10)20-13;;/h3,5-6,9H,1-2,4,15H2,(H,17,18,19);2*1H/t9-;;/m0../s1. The van der Waals surface area contributed by atoms with Gasteiger partial charge in [-0.1, -0.05) is 0 Å². The summed E-state index contributed by atoms with van der Waals surface area (Å²) >= 11 is 1.43. The number of nitrogens with two attached hydrogens (primary N) is 1. The summed E-state index contributed by atoms with van der Waals surface area (Å²) in [5.74, 6) is -0.950. The number of carbonyl (C=O) groups excluding carboxylic acids is 1. The van der Waals surface area contributed by atoms with E-state index in [-0.39, 0.29) is 36.4 Å². The fourth-order valence-corrected chi connectivity index (χ4v) is 3.26. The highest BCUT2D eigenvalue weighted by molar-refractivity contribution is 7.15. The zero-order valence-corrected chi connectivity index (χ0v) is 13.9. The number of anilines is 1. The normalized spacial score (nSPS) is 16.0. The number of nitrogens with one attached hydrogen (secondary N) is 1. The first kappa shape index (κ1) is 18.8. The first-order valence-electron chi connectivity index (χ1n) is 6.28. The first-order chi connectivity index (χ1) is 9.61. The van der Waals surface area contributed by atoms with Crippen LogP contribution in [0.2, 0.25) is 0 Å². The molecule has 2 aromatic rings. The maximum Gasteiger partial charge on any atom is 0.259 e. The van der Waals surface area contributed by atoms with Gasteiger partial charge < -0.3 is 5.73 Å². The Kier molecular flexibility index (Phi) is 6.67. The monoisotopic (exact) mass is 364 g/mol. The number of aromatic nitrogens is 2. The summed E-state index contributed by atoms with van der Waals surface area (Å²) in [5, 5.41) is 3.20. The zero-order chi connectivity index (χ0) is 14.1. The highest BCUT2D eigenvalue weighted by Gasteiger charge is 2.21. The minimum atomic E-state index is -0.540. The van der Waals surface area contributed by atoms with Crippen LogP contribution in [0.1, 0.15) is 27.3 Å². The second kappa shape index (κ2) is 7.82. The number of fused-ring (bicyclic) bond motifs is 1. The van der Waals surface area contributed by atoms with Gasteiger partial charge in [0.2, 0.25) is 0 Å². The Hall–Kier alpha value is -1.28. The average Bonchev–Trinajstić information content (AvgIpc) is 2.80. The Bertz CT molecular complexity index is 667. The third-order valence-electron chi connectivity index (χ3n) is 3.17. The molecule has 0 radical (unpaired) electrons. The quantitative estimate of drug-likeness (QED) is 0.857. The molecule has 2 aromatic heterocycles. The van der Waals surface area contributed by atoms with Crippen molar-refractivity contribution in [1.82, 2.24) is 9.97 Å². The number of thiazole rings is 1. The summed E-state index contributed by atoms with van der Waals surface area (Å²) in [6.07, 6.45) is 4.93. The van der Waals surface area contributed by atoms with E-state index in [0.29, 0.717) is 5.13 Å². The van der Waals surface area contributed by atoms with Gasteiger partial charge in [-0.25, -0.2) is 9.37 Å². The molecule has 0 saturated heterocycles. The number of amides is 1. The van der Waals surface area contributed by atoms with Gasteiger partial charge in [-0.3, -0.25) is 15.1 Å². The number of hydrogen-bond acceptors (Lipinski definition) is 5. The summed E-state index contributed by atoms with van der Waals surface area (Å²) in [7, 11) is 0. The van der Waals surface area contributed by atoms with Gasteiger partial charge in [0.15, 0.2) is 5.13 Å². The third-order valence-corrected chi connectivity index (χ3v) is 4.20. The van der Waals surface area contributed by atoms with Crippen molar-refractivity contribution in [2.45, 2.75) is 25.3 Å². The average molecular weight is 365 g/mol. The van der Waals surface area contributed by atoms with Crippen LogP contribution >= 0.6 is 36.2 Å². The molecule has 1 atom stereocenters. The van der Waals surface area contributed by atoms with Gasteiger partial charge in [0.1, 0.15) is 5.82 Å². The van der Waals surface area contributed by atoms with Crippen molar-refractivity contribution in [2.75, 3.05) is 5.32 Å². The van der Waals surface area contributed by atoms with Crippen LogP contribution in [0.25, 0.3) is 0 Å². The number of aryl methyl sites for hydroxylation is 1. The van der Waals surface area contributed by atoms with Crippen molar-refractivity contribution in [3.05, 3.63) is 40.4 Å². The van der Waals surface area contributed by atoms with Crippen molar-refractivity contribution < 1.29 is 9.18 Å². The van der Waals surface area contributed by atoms with E-state index in [1.165, 1.54) is 17.5 Å². The molecule has 1 amide bonds. The summed E-state index contributed by atoms with van der Waals surface area (Å²) in [6.45, 7) is 0. The fraction of sp³-hybridized carbons (Fsp3) is 0.308. The van der Waals surface area contributed by atoms with E-state index in [0.717, 1.165) is 42.1 Å². The number of rotatable bonds is 2. The lowest BCUT2D eigenvalue weighted by molar-refractivity contribution is 0.102. The number of hydrogen-bond donors (Lipinski definition) is 2. The Morgan fingerprint density at radius 3 is 2.91 bits per heavy atom. The van der Waals surface area contributed by atoms with Crippen LogP contribution in [0.3, 0.4) is 0 Å². The molecule has 0 aromatic carbocycles. The number of pyridine rings is 1. The topological polar surface area (TPSA) is 80.9 Å². The Morgan fingerprint density at radius 1 is 1.41 bits per heavy atom. The molecule has 0 aliphatic heterocycles. The summed E-state index contributed by atoms with van der Waals surface area (Å²) < 4.78 is 13.0. The lowest BCUT2D eigenvalue weighted by Gasteiger charge is -2.15. The number of halogens is 3. The van der Waals surface area contributed by atoms with Crippen molar-refractivity contribution in [3.63, 3.8) is 0 Å². The molecule has 3 N–H and O–H groups in total. The van der Waals surface area contributed by atoms with Gasteiger partial charge in [0, 0.05) is 17.1 Å². The highest BCUT2D eigenvalue weighted by Crippen LogP contribution is 2.29. The van der Waals surface area contributed by atoms with Crippen LogP contribution in [0.15, 0.2) is 18.5 Å². The minimum absolute atomic E-state index is 0. The zero-order valence-electron chi connectivity index (χ0n) is 11.4. The Morgan fingerprint density at radius 2 is 2.18 bits per heavy atom. The highest BCUT2D eigenvalue weighted by atomic mass is 35.5. The minimum Gasteiger partial charge on any atom is -0.327 e. The van der Waals surface area contributed by atoms with Crippen LogP contribution in [0, 0.1) is 5.82 Å². The smallest absolute Gasteiger partial charge is 0.259 e. The van der Waals surface area contributed by atoms with Crippen LogP contribution < -0.4 is 11.1 Å². The largest absolute Gasteiger partial charge is 0.327 e. The first-order valence-corrected chi connectivity index (χ1v) is 7.09. The Labute approximate surface area is 143 Å². The van der Waals surface area contributed by atoms with Crippen LogP contribution in [0.4, 0.5) is 9.52 Å². The van der Waals surface area contributed by atoms with E-state index >= 15 is 0 Å². The van der Waals surface area contributed by atoms with E-state index in [1.54, 1.807) is 0 Å². The molecular formula is C13H15Cl2FN4OS. The molecule has 0 spiro atoms. The van der Waals surface area contributed by atoms with E-state index in [4.69, 9.17) is 5.73 Å². The number of carbonyl (C=O) groups is 1. The summed E-state index contributed by atoms with van der Waals surface area (Å²) in [6, 6.07) is 1.31. The molecule has 9 heteroatoms. The van der Waals surface area contributed by atoms with E-state index in [1.807, 2.05) is 0 Å². The molecule has 0 fully saturated rings. The number of nitrogens with zero attached hydrogens (tertiary/aromatic N) is 2. The van der Waals surface area contributed by atoms with Gasteiger partial charge in [-0.15, -0.1) is 36.2 Å². The van der Waals surface area contributed by atoms with Crippen molar-refractivity contribution in [2.24, 2.45) is 5.73 Å². The van der Waals surface area contributed by atoms with Crippen LogP contribution in [-0.2, 0) is 12.8 Å². The van der Waals surface area contributed by atoms with Crippen LogP contribution in [-0.4, -0.2) is 21.9 Å². The Balaban J connectivity index is 0.00000121. The van der Waals surface area contributed by atoms with Gasteiger partial charge in [-0.05, 0) is 25.3 Å². The van der Waals surface area contributed by atoms with Gasteiger partial charge in [0.25, 0.3) is 5.91 Å². The second-order valence-electron chi connectivity index (χ2n) is 4.74. The summed E-state index contributed by atoms with van der Waals surface area (Å²) in [5.41, 5.74) is 7.09. The molecule has 1 aliphatic carbocycles. The second-order valence-corrected chi connectivity index (χ2v) is 5.82. The SMILES string of the molecule is Cl.Cl.N[C@H]1CCc2nc(NC(=O)c3cncc(F)c3)sc2C1. The fourth-order valence-electron chi connectivity index (χ4n) is 2.16. The molecule has 5 nitrogen and oxygen atoms in total. The van der Waals surface area contributed by atoms with Crippen LogP contribution in [0.5, 0.6) is 0 Å². The molecular weight excluding hydrogens is 350 g/mol.